The van der Waals surface area contributed by atoms with Crippen LogP contribution in [0.4, 0.5) is 13.6 Å². The minimum atomic E-state index is -1.11. The summed E-state index contributed by atoms with van der Waals surface area (Å²) in [6.45, 7) is 5.47. The topological polar surface area (TPSA) is 81.2 Å². The first-order chi connectivity index (χ1) is 15.6. The summed E-state index contributed by atoms with van der Waals surface area (Å²) in [6, 6.07) is 3.05. The van der Waals surface area contributed by atoms with Crippen LogP contribution in [-0.4, -0.2) is 76.5 Å². The smallest absolute Gasteiger partial charge is 0.407 e. The van der Waals surface area contributed by atoms with Gasteiger partial charge in [0.2, 0.25) is 11.8 Å². The average Bonchev–Trinajstić information content (AvgIpc) is 3.40. The number of carboxylic acid groups (broad SMARTS) is 1. The number of nitrogens with zero attached hydrogens (tertiary/aromatic N) is 3. The van der Waals surface area contributed by atoms with E-state index in [1.165, 1.54) is 11.0 Å². The van der Waals surface area contributed by atoms with Crippen LogP contribution in [0.2, 0.25) is 0 Å². The second-order valence-corrected chi connectivity index (χ2v) is 9.79. The van der Waals surface area contributed by atoms with Crippen LogP contribution in [0.3, 0.4) is 0 Å². The fraction of sp³-hybridized carbons (Fsp3) is 0.625. The summed E-state index contributed by atoms with van der Waals surface area (Å²) in [6.07, 6.45) is 1.89. The highest BCUT2D eigenvalue weighted by atomic mass is 19.2. The Morgan fingerprint density at radius 2 is 1.76 bits per heavy atom. The van der Waals surface area contributed by atoms with Gasteiger partial charge < -0.3 is 19.8 Å². The second kappa shape index (κ2) is 8.91. The summed E-state index contributed by atoms with van der Waals surface area (Å²) < 4.78 is 27.4. The molecule has 2 saturated heterocycles. The van der Waals surface area contributed by atoms with Crippen LogP contribution < -0.4 is 0 Å². The van der Waals surface area contributed by atoms with Crippen LogP contribution in [0.15, 0.2) is 18.2 Å². The Balaban J connectivity index is 1.47. The fourth-order valence-electron chi connectivity index (χ4n) is 5.24. The molecule has 3 aliphatic rings. The molecule has 0 unspecified atom stereocenters. The van der Waals surface area contributed by atoms with Crippen LogP contribution in [0, 0.1) is 23.0 Å². The first-order valence-corrected chi connectivity index (χ1v) is 11.7. The molecule has 1 aromatic rings. The number of likely N-dealkylation sites (tertiary alicyclic amines) is 2. The van der Waals surface area contributed by atoms with E-state index in [0.717, 1.165) is 25.0 Å². The van der Waals surface area contributed by atoms with Gasteiger partial charge in [-0.2, -0.15) is 0 Å². The van der Waals surface area contributed by atoms with Crippen molar-refractivity contribution in [2.75, 3.05) is 32.7 Å². The molecule has 1 saturated carbocycles. The number of carbonyl (C=O) groups is 3. The standard InChI is InChI=1S/C24H31F2N3O4/c1-3-29(23(32)33)20-14-28(13-17(20)16-4-5-18(25)19(26)12-16)21(30)15-6-10-27(11-7-15)22(31)24(2)8-9-24/h4-5,12,15,17,20H,3,6-11,13-14H2,1-2H3,(H,32,33)/t17-,20+/m0/s1. The zero-order chi connectivity index (χ0) is 23.9. The molecule has 0 radical (unpaired) electrons. The van der Waals surface area contributed by atoms with Gasteiger partial charge in [-0.1, -0.05) is 13.0 Å². The van der Waals surface area contributed by atoms with Crippen molar-refractivity contribution in [1.29, 1.82) is 0 Å². The second-order valence-electron chi connectivity index (χ2n) is 9.79. The summed E-state index contributed by atoms with van der Waals surface area (Å²) in [4.78, 5) is 42.5. The molecule has 4 rings (SSSR count). The van der Waals surface area contributed by atoms with E-state index in [9.17, 15) is 28.3 Å². The number of likely N-dealkylation sites (N-methyl/N-ethyl adjacent to an activating group) is 1. The van der Waals surface area contributed by atoms with Crippen molar-refractivity contribution < 1.29 is 28.3 Å². The van der Waals surface area contributed by atoms with Gasteiger partial charge in [0.25, 0.3) is 0 Å². The normalized spacial score (nSPS) is 24.6. The van der Waals surface area contributed by atoms with Crippen molar-refractivity contribution >= 4 is 17.9 Å². The zero-order valence-corrected chi connectivity index (χ0v) is 19.1. The predicted octanol–water partition coefficient (Wildman–Crippen LogP) is 3.30. The summed E-state index contributed by atoms with van der Waals surface area (Å²) in [5.74, 6) is -2.52. The molecule has 1 aromatic carbocycles. The van der Waals surface area contributed by atoms with E-state index in [1.807, 2.05) is 11.8 Å². The lowest BCUT2D eigenvalue weighted by atomic mass is 9.93. The number of benzene rings is 1. The number of halogens is 2. The van der Waals surface area contributed by atoms with Crippen LogP contribution >= 0.6 is 0 Å². The Hall–Kier alpha value is -2.71. The molecule has 1 aliphatic carbocycles. The van der Waals surface area contributed by atoms with Crippen LogP contribution in [0.1, 0.15) is 51.0 Å². The van der Waals surface area contributed by atoms with E-state index in [-0.39, 0.29) is 42.8 Å². The van der Waals surface area contributed by atoms with Gasteiger partial charge in [-0.25, -0.2) is 13.6 Å². The average molecular weight is 464 g/mol. The molecule has 180 valence electrons. The Kier molecular flexibility index (Phi) is 6.33. The summed E-state index contributed by atoms with van der Waals surface area (Å²) in [5.41, 5.74) is 0.254. The minimum Gasteiger partial charge on any atom is -0.465 e. The molecular weight excluding hydrogens is 432 g/mol. The van der Waals surface area contributed by atoms with Gasteiger partial charge in [-0.3, -0.25) is 9.59 Å². The maximum Gasteiger partial charge on any atom is 0.407 e. The monoisotopic (exact) mass is 463 g/mol. The van der Waals surface area contributed by atoms with E-state index < -0.39 is 29.7 Å². The molecule has 9 heteroatoms. The molecule has 3 amide bonds. The third kappa shape index (κ3) is 4.54. The predicted molar refractivity (Wildman–Crippen MR) is 117 cm³/mol. The van der Waals surface area contributed by atoms with Gasteiger partial charge in [0.15, 0.2) is 11.6 Å². The van der Waals surface area contributed by atoms with Crippen molar-refractivity contribution in [2.24, 2.45) is 11.3 Å². The highest BCUT2D eigenvalue weighted by Crippen LogP contribution is 2.47. The molecule has 3 fully saturated rings. The molecule has 0 aromatic heterocycles. The van der Waals surface area contributed by atoms with Crippen molar-refractivity contribution in [2.45, 2.75) is 51.5 Å². The lowest BCUT2D eigenvalue weighted by Gasteiger charge is -2.34. The summed E-state index contributed by atoms with van der Waals surface area (Å²) >= 11 is 0. The molecular formula is C24H31F2N3O4. The third-order valence-corrected chi connectivity index (χ3v) is 7.61. The van der Waals surface area contributed by atoms with Gasteiger partial charge in [-0.05, 0) is 50.3 Å². The Morgan fingerprint density at radius 1 is 1.09 bits per heavy atom. The Morgan fingerprint density at radius 3 is 2.30 bits per heavy atom. The largest absolute Gasteiger partial charge is 0.465 e. The van der Waals surface area contributed by atoms with Crippen molar-refractivity contribution in [3.8, 4) is 0 Å². The van der Waals surface area contributed by atoms with Crippen molar-refractivity contribution in [1.82, 2.24) is 14.7 Å². The minimum absolute atomic E-state index is 0.0590. The molecule has 2 aliphatic heterocycles. The number of amides is 3. The van der Waals surface area contributed by atoms with Gasteiger partial charge >= 0.3 is 6.09 Å². The highest BCUT2D eigenvalue weighted by molar-refractivity contribution is 5.85. The fourth-order valence-corrected chi connectivity index (χ4v) is 5.24. The number of hydrogen-bond donors (Lipinski definition) is 1. The molecule has 7 nitrogen and oxygen atoms in total. The highest BCUT2D eigenvalue weighted by Gasteiger charge is 2.48. The first kappa shape index (κ1) is 23.4. The van der Waals surface area contributed by atoms with E-state index in [0.29, 0.717) is 31.5 Å². The van der Waals surface area contributed by atoms with Crippen LogP contribution in [-0.2, 0) is 9.59 Å². The molecule has 2 heterocycles. The van der Waals surface area contributed by atoms with Crippen LogP contribution in [0.5, 0.6) is 0 Å². The number of piperidine rings is 1. The van der Waals surface area contributed by atoms with Gasteiger partial charge in [0.1, 0.15) is 0 Å². The maximum absolute atomic E-state index is 13.9. The van der Waals surface area contributed by atoms with E-state index in [1.54, 1.807) is 11.8 Å². The van der Waals surface area contributed by atoms with Gasteiger partial charge in [0.05, 0.1) is 6.04 Å². The first-order valence-electron chi connectivity index (χ1n) is 11.7. The molecule has 33 heavy (non-hydrogen) atoms. The Labute approximate surface area is 192 Å². The lowest BCUT2D eigenvalue weighted by Crippen LogP contribution is -2.47. The van der Waals surface area contributed by atoms with E-state index in [4.69, 9.17) is 0 Å². The quantitative estimate of drug-likeness (QED) is 0.727. The van der Waals surface area contributed by atoms with Gasteiger partial charge in [-0.15, -0.1) is 0 Å². The third-order valence-electron chi connectivity index (χ3n) is 7.61. The number of carbonyl (C=O) groups excluding carboxylic acids is 2. The molecule has 2 atom stereocenters. The number of hydrogen-bond acceptors (Lipinski definition) is 3. The molecule has 0 spiro atoms. The zero-order valence-electron chi connectivity index (χ0n) is 19.1. The van der Waals surface area contributed by atoms with E-state index in [2.05, 4.69) is 0 Å². The number of rotatable bonds is 5. The Bertz CT molecular complexity index is 944. The van der Waals surface area contributed by atoms with Crippen LogP contribution in [0.25, 0.3) is 0 Å². The summed E-state index contributed by atoms with van der Waals surface area (Å²) in [7, 11) is 0. The summed E-state index contributed by atoms with van der Waals surface area (Å²) in [5, 5.41) is 9.67. The van der Waals surface area contributed by atoms with Gasteiger partial charge in [0, 0.05) is 50.0 Å². The molecule has 0 bridgehead atoms. The maximum atomic E-state index is 13.9. The van der Waals surface area contributed by atoms with Crippen molar-refractivity contribution in [3.63, 3.8) is 0 Å². The lowest BCUT2D eigenvalue weighted by molar-refractivity contribution is -0.142. The van der Waals surface area contributed by atoms with Crippen molar-refractivity contribution in [3.05, 3.63) is 35.4 Å². The SMILES string of the molecule is CCN(C(=O)O)[C@@H]1CN(C(=O)C2CCN(C(=O)C3(C)CC3)CC2)C[C@H]1c1ccc(F)c(F)c1. The molecule has 1 N–H and O–H groups in total. The van der Waals surface area contributed by atoms with E-state index >= 15 is 0 Å².